The molecule has 0 radical (unpaired) electrons. The fraction of sp³-hybridized carbons (Fsp3) is 0.529. The molecule has 1 heterocycles. The van der Waals surface area contributed by atoms with Crippen molar-refractivity contribution in [3.05, 3.63) is 29.3 Å². The highest BCUT2D eigenvalue weighted by Gasteiger charge is 2.48. The van der Waals surface area contributed by atoms with Crippen molar-refractivity contribution in [3.8, 4) is 5.75 Å². The van der Waals surface area contributed by atoms with Gasteiger partial charge in [-0.2, -0.15) is 13.2 Å². The molecule has 0 bridgehead atoms. The van der Waals surface area contributed by atoms with Crippen LogP contribution in [-0.2, 0) is 4.79 Å². The minimum atomic E-state index is -4.65. The van der Waals surface area contributed by atoms with Crippen LogP contribution in [0.4, 0.5) is 13.2 Å². The molecule has 7 heteroatoms. The summed E-state index contributed by atoms with van der Waals surface area (Å²) in [6.45, 7) is 5.67. The number of carbonyl (C=O) groups excluding carboxylic acids is 1. The largest absolute Gasteiger partial charge is 0.481 e. The first-order valence-electron chi connectivity index (χ1n) is 7.52. The van der Waals surface area contributed by atoms with E-state index in [9.17, 15) is 27.9 Å². The zero-order chi connectivity index (χ0) is 18.3. The highest BCUT2D eigenvalue weighted by atomic mass is 19.4. The summed E-state index contributed by atoms with van der Waals surface area (Å²) < 4.78 is 43.6. The lowest BCUT2D eigenvalue weighted by molar-refractivity contribution is -0.201. The van der Waals surface area contributed by atoms with E-state index in [1.807, 2.05) is 20.8 Å². The highest BCUT2D eigenvalue weighted by molar-refractivity contribution is 5.97. The number of rotatable bonds is 3. The highest BCUT2D eigenvalue weighted by Crippen LogP contribution is 2.42. The molecule has 0 saturated heterocycles. The zero-order valence-corrected chi connectivity index (χ0v) is 13.6. The van der Waals surface area contributed by atoms with E-state index < -0.39 is 30.6 Å². The van der Waals surface area contributed by atoms with Crippen LogP contribution in [0.3, 0.4) is 0 Å². The first-order chi connectivity index (χ1) is 10.9. The van der Waals surface area contributed by atoms with Gasteiger partial charge in [0.25, 0.3) is 0 Å². The van der Waals surface area contributed by atoms with Crippen molar-refractivity contribution < 1.29 is 32.6 Å². The Morgan fingerprint density at radius 1 is 1.25 bits per heavy atom. The first kappa shape index (κ1) is 18.3. The van der Waals surface area contributed by atoms with Crippen molar-refractivity contribution in [1.82, 2.24) is 0 Å². The van der Waals surface area contributed by atoms with Crippen LogP contribution in [-0.4, -0.2) is 29.1 Å². The summed E-state index contributed by atoms with van der Waals surface area (Å²) in [5.41, 5.74) is 0.142. The van der Waals surface area contributed by atoms with Gasteiger partial charge in [0.15, 0.2) is 11.9 Å². The van der Waals surface area contributed by atoms with Crippen molar-refractivity contribution in [3.63, 3.8) is 0 Å². The van der Waals surface area contributed by atoms with Gasteiger partial charge in [-0.05, 0) is 23.6 Å². The fourth-order valence-electron chi connectivity index (χ4n) is 2.66. The average molecular weight is 344 g/mol. The van der Waals surface area contributed by atoms with Crippen molar-refractivity contribution >= 4 is 11.8 Å². The molecular weight excluding hydrogens is 325 g/mol. The van der Waals surface area contributed by atoms with Gasteiger partial charge in [0.1, 0.15) is 5.75 Å². The number of halogens is 3. The van der Waals surface area contributed by atoms with Gasteiger partial charge in [0.05, 0.1) is 5.92 Å². The van der Waals surface area contributed by atoms with Gasteiger partial charge >= 0.3 is 12.1 Å². The second-order valence-corrected chi connectivity index (χ2v) is 7.19. The Hall–Kier alpha value is -2.05. The predicted octanol–water partition coefficient (Wildman–Crippen LogP) is 4.19. The molecule has 0 aromatic heterocycles. The quantitative estimate of drug-likeness (QED) is 0.835. The van der Waals surface area contributed by atoms with Crippen molar-refractivity contribution in [2.75, 3.05) is 0 Å². The number of hydrogen-bond donors (Lipinski definition) is 1. The summed E-state index contributed by atoms with van der Waals surface area (Å²) in [6.07, 6.45) is -7.27. The van der Waals surface area contributed by atoms with Gasteiger partial charge in [-0.15, -0.1) is 0 Å². The number of fused-ring (bicyclic) bond motifs is 1. The number of Topliss-reactive ketones (excluding diaryl/α,β-unsaturated/α-hetero) is 1. The van der Waals surface area contributed by atoms with Crippen LogP contribution in [0.2, 0.25) is 0 Å². The van der Waals surface area contributed by atoms with E-state index in [-0.39, 0.29) is 34.5 Å². The number of alkyl halides is 3. The lowest BCUT2D eigenvalue weighted by Gasteiger charge is -2.31. The SMILES string of the molecule is CC(C)(C)CC(=O)c1ccc2c(c1)C(C(=O)O)CC(C(F)(F)F)O2. The lowest BCUT2D eigenvalue weighted by atomic mass is 9.85. The molecule has 0 fully saturated rings. The van der Waals surface area contributed by atoms with Gasteiger partial charge in [0, 0.05) is 24.0 Å². The topological polar surface area (TPSA) is 63.6 Å². The third kappa shape index (κ3) is 4.07. The molecule has 0 spiro atoms. The molecule has 2 atom stereocenters. The lowest BCUT2D eigenvalue weighted by Crippen LogP contribution is -2.40. The third-order valence-electron chi connectivity index (χ3n) is 3.78. The molecule has 0 amide bonds. The summed E-state index contributed by atoms with van der Waals surface area (Å²) in [5, 5.41) is 9.28. The molecule has 0 aliphatic carbocycles. The first-order valence-corrected chi connectivity index (χ1v) is 7.52. The standard InChI is InChI=1S/C17H19F3O4/c1-16(2,3)8-12(21)9-4-5-13-10(6-9)11(15(22)23)7-14(24-13)17(18,19)20/h4-6,11,14H,7-8H2,1-3H3,(H,22,23). The van der Waals surface area contributed by atoms with Crippen LogP contribution in [0.1, 0.15) is 55.5 Å². The van der Waals surface area contributed by atoms with Gasteiger partial charge in [-0.1, -0.05) is 20.8 Å². The molecule has 24 heavy (non-hydrogen) atoms. The summed E-state index contributed by atoms with van der Waals surface area (Å²) >= 11 is 0. The maximum Gasteiger partial charge on any atom is 0.425 e. The van der Waals surface area contributed by atoms with Crippen LogP contribution in [0.15, 0.2) is 18.2 Å². The number of aliphatic carboxylic acids is 1. The van der Waals surface area contributed by atoms with Crippen LogP contribution in [0.25, 0.3) is 0 Å². The molecule has 1 aliphatic rings. The third-order valence-corrected chi connectivity index (χ3v) is 3.78. The minimum absolute atomic E-state index is 0.114. The molecule has 1 N–H and O–H groups in total. The smallest absolute Gasteiger partial charge is 0.425 e. The van der Waals surface area contributed by atoms with Gasteiger partial charge in [-0.3, -0.25) is 9.59 Å². The molecule has 4 nitrogen and oxygen atoms in total. The minimum Gasteiger partial charge on any atom is -0.481 e. The Balaban J connectivity index is 2.38. The van der Waals surface area contributed by atoms with Crippen molar-refractivity contribution in [2.24, 2.45) is 5.41 Å². The fourth-order valence-corrected chi connectivity index (χ4v) is 2.66. The molecule has 2 unspecified atom stereocenters. The maximum absolute atomic E-state index is 12.9. The molecule has 2 rings (SSSR count). The number of ether oxygens (including phenoxy) is 1. The van der Waals surface area contributed by atoms with Gasteiger partial charge in [-0.25, -0.2) is 0 Å². The summed E-state index contributed by atoms with van der Waals surface area (Å²) in [7, 11) is 0. The Morgan fingerprint density at radius 2 is 1.88 bits per heavy atom. The van der Waals surface area contributed by atoms with Crippen molar-refractivity contribution in [1.29, 1.82) is 0 Å². The van der Waals surface area contributed by atoms with E-state index in [1.54, 1.807) is 0 Å². The molecule has 0 saturated carbocycles. The van der Waals surface area contributed by atoms with Gasteiger partial charge < -0.3 is 9.84 Å². The number of carbonyl (C=O) groups is 2. The second-order valence-electron chi connectivity index (χ2n) is 7.19. The van der Waals surface area contributed by atoms with Crippen LogP contribution in [0, 0.1) is 5.41 Å². The Kier molecular flexibility index (Phi) is 4.65. The normalized spacial score (nSPS) is 20.9. The second kappa shape index (κ2) is 6.11. The van der Waals surface area contributed by atoms with Gasteiger partial charge in [0.2, 0.25) is 0 Å². The average Bonchev–Trinajstić information content (AvgIpc) is 2.42. The monoisotopic (exact) mass is 344 g/mol. The summed E-state index contributed by atoms with van der Waals surface area (Å²) in [4.78, 5) is 23.7. The van der Waals surface area contributed by atoms with E-state index in [4.69, 9.17) is 4.74 Å². The van der Waals surface area contributed by atoms with Crippen molar-refractivity contribution in [2.45, 2.75) is 51.8 Å². The Labute approximate surface area is 137 Å². The summed E-state index contributed by atoms with van der Waals surface area (Å²) in [5.74, 6) is -3.05. The number of carboxylic acid groups (broad SMARTS) is 1. The van der Waals surface area contributed by atoms with E-state index >= 15 is 0 Å². The Bertz CT molecular complexity index is 659. The summed E-state index contributed by atoms with van der Waals surface area (Å²) in [6, 6.07) is 3.97. The van der Waals surface area contributed by atoms with E-state index in [0.29, 0.717) is 0 Å². The molecule has 132 valence electrons. The maximum atomic E-state index is 12.9. The zero-order valence-electron chi connectivity index (χ0n) is 13.6. The number of benzene rings is 1. The van der Waals surface area contributed by atoms with E-state index in [2.05, 4.69) is 0 Å². The number of carboxylic acids is 1. The van der Waals surface area contributed by atoms with Crippen LogP contribution in [0.5, 0.6) is 5.75 Å². The van der Waals surface area contributed by atoms with E-state index in [0.717, 1.165) is 0 Å². The molecular formula is C17H19F3O4. The number of ketones is 1. The Morgan fingerprint density at radius 3 is 2.38 bits per heavy atom. The van der Waals surface area contributed by atoms with Crippen LogP contribution >= 0.6 is 0 Å². The molecule has 1 aromatic carbocycles. The van der Waals surface area contributed by atoms with E-state index in [1.165, 1.54) is 18.2 Å². The number of hydrogen-bond acceptors (Lipinski definition) is 3. The van der Waals surface area contributed by atoms with Crippen LogP contribution < -0.4 is 4.74 Å². The molecule has 1 aliphatic heterocycles. The molecule has 1 aromatic rings. The predicted molar refractivity (Wildman–Crippen MR) is 80.3 cm³/mol.